The minimum absolute atomic E-state index is 0.0240. The zero-order valence-corrected chi connectivity index (χ0v) is 8.98. The van der Waals surface area contributed by atoms with Gasteiger partial charge in [0.05, 0.1) is 6.04 Å². The van der Waals surface area contributed by atoms with Crippen LogP contribution in [0.1, 0.15) is 56.5 Å². The fourth-order valence-electron chi connectivity index (χ4n) is 1.65. The van der Waals surface area contributed by atoms with Crippen molar-refractivity contribution in [3.63, 3.8) is 0 Å². The summed E-state index contributed by atoms with van der Waals surface area (Å²) < 4.78 is 10.7. The van der Waals surface area contributed by atoms with Crippen molar-refractivity contribution >= 4 is 0 Å². The molecule has 15 heavy (non-hydrogen) atoms. The maximum atomic E-state index is 5.81. The van der Waals surface area contributed by atoms with E-state index in [0.29, 0.717) is 11.7 Å². The van der Waals surface area contributed by atoms with Crippen molar-refractivity contribution in [2.45, 2.75) is 44.8 Å². The molecule has 2 N–H and O–H groups in total. The maximum Gasteiger partial charge on any atom is 0.255 e. The van der Waals surface area contributed by atoms with Crippen molar-refractivity contribution in [2.75, 3.05) is 6.61 Å². The molecule has 0 aliphatic carbocycles. The molecule has 0 bridgehead atoms. The molecule has 1 saturated heterocycles. The Bertz CT molecular complexity index is 307. The highest BCUT2D eigenvalue weighted by Gasteiger charge is 2.23. The van der Waals surface area contributed by atoms with Crippen molar-refractivity contribution in [2.24, 2.45) is 5.73 Å². The van der Waals surface area contributed by atoms with Crippen LogP contribution in [0.2, 0.25) is 0 Å². The lowest BCUT2D eigenvalue weighted by molar-refractivity contribution is -0.00459. The number of hydrogen-bond donors (Lipinski definition) is 1. The average molecular weight is 211 g/mol. The largest absolute Gasteiger partial charge is 0.368 e. The Morgan fingerprint density at radius 1 is 1.53 bits per heavy atom. The SMILES string of the molecule is CCC(N)c1noc(C2CCCCO2)n1. The van der Waals surface area contributed by atoms with E-state index in [-0.39, 0.29) is 12.1 Å². The van der Waals surface area contributed by atoms with E-state index >= 15 is 0 Å². The summed E-state index contributed by atoms with van der Waals surface area (Å²) >= 11 is 0. The number of ether oxygens (including phenoxy) is 1. The topological polar surface area (TPSA) is 74.2 Å². The van der Waals surface area contributed by atoms with Crippen molar-refractivity contribution < 1.29 is 9.26 Å². The number of aromatic nitrogens is 2. The monoisotopic (exact) mass is 211 g/mol. The van der Waals surface area contributed by atoms with Crippen LogP contribution in [0.3, 0.4) is 0 Å². The standard InChI is InChI=1S/C10H17N3O2/c1-2-7(11)9-12-10(15-13-9)8-5-3-4-6-14-8/h7-8H,2-6,11H2,1H3. The molecule has 1 fully saturated rings. The van der Waals surface area contributed by atoms with Gasteiger partial charge in [0, 0.05) is 6.61 Å². The van der Waals surface area contributed by atoms with Crippen LogP contribution < -0.4 is 5.73 Å². The first-order chi connectivity index (χ1) is 7.31. The van der Waals surface area contributed by atoms with Gasteiger partial charge >= 0.3 is 0 Å². The van der Waals surface area contributed by atoms with Gasteiger partial charge in [-0.15, -0.1) is 0 Å². The van der Waals surface area contributed by atoms with E-state index in [9.17, 15) is 0 Å². The molecule has 1 aliphatic heterocycles. The summed E-state index contributed by atoms with van der Waals surface area (Å²) in [5, 5.41) is 3.87. The van der Waals surface area contributed by atoms with E-state index in [0.717, 1.165) is 32.3 Å². The maximum absolute atomic E-state index is 5.81. The van der Waals surface area contributed by atoms with Gasteiger partial charge in [-0.25, -0.2) is 0 Å². The van der Waals surface area contributed by atoms with E-state index < -0.39 is 0 Å². The third-order valence-corrected chi connectivity index (χ3v) is 2.68. The molecule has 1 aliphatic rings. The van der Waals surface area contributed by atoms with Crippen molar-refractivity contribution in [3.8, 4) is 0 Å². The second-order valence-electron chi connectivity index (χ2n) is 3.86. The van der Waals surface area contributed by atoms with Crippen molar-refractivity contribution in [1.29, 1.82) is 0 Å². The first-order valence-electron chi connectivity index (χ1n) is 5.52. The molecular formula is C10H17N3O2. The van der Waals surface area contributed by atoms with E-state index in [4.69, 9.17) is 15.0 Å². The Morgan fingerprint density at radius 3 is 3.07 bits per heavy atom. The fourth-order valence-corrected chi connectivity index (χ4v) is 1.65. The number of hydrogen-bond acceptors (Lipinski definition) is 5. The second-order valence-corrected chi connectivity index (χ2v) is 3.86. The minimum atomic E-state index is -0.133. The average Bonchev–Trinajstić information content (AvgIpc) is 2.78. The normalized spacial score (nSPS) is 24.0. The molecule has 1 aromatic rings. The van der Waals surface area contributed by atoms with E-state index in [2.05, 4.69) is 10.1 Å². The molecule has 0 saturated carbocycles. The molecule has 2 atom stereocenters. The summed E-state index contributed by atoms with van der Waals surface area (Å²) in [4.78, 5) is 4.28. The first-order valence-corrected chi connectivity index (χ1v) is 5.52. The third kappa shape index (κ3) is 2.35. The molecule has 5 nitrogen and oxygen atoms in total. The van der Waals surface area contributed by atoms with Gasteiger partial charge in [-0.3, -0.25) is 0 Å². The molecule has 0 aromatic carbocycles. The van der Waals surface area contributed by atoms with Crippen molar-refractivity contribution in [3.05, 3.63) is 11.7 Å². The van der Waals surface area contributed by atoms with Gasteiger partial charge in [-0.05, 0) is 25.7 Å². The smallest absolute Gasteiger partial charge is 0.255 e. The van der Waals surface area contributed by atoms with Crippen LogP contribution in [0.4, 0.5) is 0 Å². The fraction of sp³-hybridized carbons (Fsp3) is 0.800. The highest BCUT2D eigenvalue weighted by atomic mass is 16.5. The minimum Gasteiger partial charge on any atom is -0.368 e. The molecule has 84 valence electrons. The highest BCUT2D eigenvalue weighted by Crippen LogP contribution is 2.27. The van der Waals surface area contributed by atoms with Gasteiger partial charge in [0.1, 0.15) is 6.10 Å². The molecule has 0 radical (unpaired) electrons. The van der Waals surface area contributed by atoms with Gasteiger partial charge in [0.15, 0.2) is 5.82 Å². The van der Waals surface area contributed by atoms with Crippen LogP contribution in [-0.4, -0.2) is 16.7 Å². The predicted octanol–water partition coefficient (Wildman–Crippen LogP) is 1.72. The molecular weight excluding hydrogens is 194 g/mol. The van der Waals surface area contributed by atoms with Crippen LogP contribution in [0.5, 0.6) is 0 Å². The molecule has 0 amide bonds. The summed E-state index contributed by atoms with van der Waals surface area (Å²) in [5.41, 5.74) is 5.81. The third-order valence-electron chi connectivity index (χ3n) is 2.68. The summed E-state index contributed by atoms with van der Waals surface area (Å²) in [5.74, 6) is 1.16. The predicted molar refractivity (Wildman–Crippen MR) is 54.1 cm³/mol. The van der Waals surface area contributed by atoms with Crippen LogP contribution >= 0.6 is 0 Å². The molecule has 2 rings (SSSR count). The van der Waals surface area contributed by atoms with Gasteiger partial charge in [0.25, 0.3) is 5.89 Å². The van der Waals surface area contributed by atoms with Gasteiger partial charge < -0.3 is 15.0 Å². The number of nitrogens with two attached hydrogens (primary N) is 1. The van der Waals surface area contributed by atoms with Crippen LogP contribution in [0.15, 0.2) is 4.52 Å². The second kappa shape index (κ2) is 4.72. The molecule has 2 heterocycles. The lowest BCUT2D eigenvalue weighted by Crippen LogP contribution is -2.13. The molecule has 2 unspecified atom stereocenters. The lowest BCUT2D eigenvalue weighted by Gasteiger charge is -2.18. The summed E-state index contributed by atoms with van der Waals surface area (Å²) in [6.07, 6.45) is 4.02. The number of nitrogens with zero attached hydrogens (tertiary/aromatic N) is 2. The van der Waals surface area contributed by atoms with Crippen LogP contribution in [0, 0.1) is 0 Å². The summed E-state index contributed by atoms with van der Waals surface area (Å²) in [6.45, 7) is 2.78. The van der Waals surface area contributed by atoms with E-state index in [1.807, 2.05) is 6.92 Å². The van der Waals surface area contributed by atoms with Gasteiger partial charge in [0.2, 0.25) is 0 Å². The quantitative estimate of drug-likeness (QED) is 0.824. The molecule has 0 spiro atoms. The Morgan fingerprint density at radius 2 is 2.40 bits per heavy atom. The Balaban J connectivity index is 2.05. The Hall–Kier alpha value is -0.940. The summed E-state index contributed by atoms with van der Waals surface area (Å²) in [6, 6.07) is -0.133. The van der Waals surface area contributed by atoms with Crippen LogP contribution in [-0.2, 0) is 4.74 Å². The van der Waals surface area contributed by atoms with Gasteiger partial charge in [-0.2, -0.15) is 4.98 Å². The van der Waals surface area contributed by atoms with Crippen LogP contribution in [0.25, 0.3) is 0 Å². The first kappa shape index (κ1) is 10.6. The molecule has 5 heteroatoms. The van der Waals surface area contributed by atoms with E-state index in [1.165, 1.54) is 0 Å². The van der Waals surface area contributed by atoms with Crippen molar-refractivity contribution in [1.82, 2.24) is 10.1 Å². The van der Waals surface area contributed by atoms with E-state index in [1.54, 1.807) is 0 Å². The Kier molecular flexibility index (Phi) is 3.33. The molecule has 1 aromatic heterocycles. The lowest BCUT2D eigenvalue weighted by atomic mass is 10.1. The van der Waals surface area contributed by atoms with Gasteiger partial charge in [-0.1, -0.05) is 12.1 Å². The summed E-state index contributed by atoms with van der Waals surface area (Å²) in [7, 11) is 0. The number of rotatable bonds is 3. The Labute approximate surface area is 89.0 Å². The highest BCUT2D eigenvalue weighted by molar-refractivity contribution is 4.95. The zero-order chi connectivity index (χ0) is 10.7. The zero-order valence-electron chi connectivity index (χ0n) is 8.98.